The lowest BCUT2D eigenvalue weighted by Crippen LogP contribution is -2.37. The summed E-state index contributed by atoms with van der Waals surface area (Å²) in [4.78, 5) is 24.1. The van der Waals surface area contributed by atoms with Gasteiger partial charge in [-0.2, -0.15) is 0 Å². The van der Waals surface area contributed by atoms with E-state index < -0.39 is 0 Å². The molecule has 0 spiro atoms. The van der Waals surface area contributed by atoms with E-state index in [0.29, 0.717) is 6.54 Å². The van der Waals surface area contributed by atoms with Gasteiger partial charge in [-0.3, -0.25) is 9.59 Å². The lowest BCUT2D eigenvalue weighted by Gasteiger charge is -2.18. The first-order valence-corrected chi connectivity index (χ1v) is 6.20. The number of hydrogen-bond acceptors (Lipinski definition) is 3. The zero-order valence-corrected chi connectivity index (χ0v) is 11.6. The number of benzene rings is 1. The molecule has 0 atom stereocenters. The molecule has 1 aromatic carbocycles. The number of hydrogen-bond donors (Lipinski definition) is 2. The predicted molar refractivity (Wildman–Crippen MR) is 75.6 cm³/mol. The quantitative estimate of drug-likeness (QED) is 0.767. The average molecular weight is 274 g/mol. The Balaban J connectivity index is 2.72. The van der Waals surface area contributed by atoms with Gasteiger partial charge in [-0.25, -0.2) is 0 Å². The molecule has 2 amide bonds. The molecule has 1 aromatic rings. The Kier molecular flexibility index (Phi) is 6.27. The summed E-state index contributed by atoms with van der Waals surface area (Å²) in [5, 5.41) is 11.2. The maximum atomic E-state index is 11.8. The second-order valence-corrected chi connectivity index (χ2v) is 4.28. The van der Waals surface area contributed by atoms with Crippen LogP contribution >= 0.6 is 0 Å². The fourth-order valence-electron chi connectivity index (χ4n) is 1.59. The second kappa shape index (κ2) is 7.97. The van der Waals surface area contributed by atoms with Crippen molar-refractivity contribution in [2.24, 2.45) is 0 Å². The van der Waals surface area contributed by atoms with E-state index in [0.717, 1.165) is 11.1 Å². The molecule has 0 aromatic heterocycles. The van der Waals surface area contributed by atoms with Crippen molar-refractivity contribution in [3.05, 3.63) is 35.4 Å². The molecular weight excluding hydrogens is 256 g/mol. The summed E-state index contributed by atoms with van der Waals surface area (Å²) >= 11 is 0. The van der Waals surface area contributed by atoms with E-state index in [9.17, 15) is 9.59 Å². The van der Waals surface area contributed by atoms with Gasteiger partial charge in [-0.05, 0) is 11.6 Å². The van der Waals surface area contributed by atoms with Crippen LogP contribution in [0.4, 0.5) is 0 Å². The fourth-order valence-corrected chi connectivity index (χ4v) is 1.59. The van der Waals surface area contributed by atoms with Crippen LogP contribution in [-0.2, 0) is 16.1 Å². The van der Waals surface area contributed by atoms with E-state index >= 15 is 0 Å². The summed E-state index contributed by atoms with van der Waals surface area (Å²) in [7, 11) is 1.67. The van der Waals surface area contributed by atoms with Crippen LogP contribution in [0.3, 0.4) is 0 Å². The Hall–Kier alpha value is -2.32. The summed E-state index contributed by atoms with van der Waals surface area (Å²) in [5.41, 5.74) is 1.67. The van der Waals surface area contributed by atoms with Gasteiger partial charge in [-0.15, -0.1) is 0 Å². The highest BCUT2D eigenvalue weighted by atomic mass is 16.2. The third kappa shape index (κ3) is 5.12. The maximum Gasteiger partial charge on any atom is 0.242 e. The van der Waals surface area contributed by atoms with Crippen molar-refractivity contribution in [2.45, 2.75) is 13.5 Å². The van der Waals surface area contributed by atoms with E-state index in [1.54, 1.807) is 7.05 Å². The first-order chi connectivity index (χ1) is 9.54. The molecule has 0 aliphatic rings. The molecular formula is C15H18N2O3. The van der Waals surface area contributed by atoms with Crippen LogP contribution in [0, 0.1) is 11.8 Å². The Morgan fingerprint density at radius 1 is 1.35 bits per heavy atom. The second-order valence-electron chi connectivity index (χ2n) is 4.28. The van der Waals surface area contributed by atoms with Crippen LogP contribution in [-0.4, -0.2) is 42.0 Å². The zero-order chi connectivity index (χ0) is 15.0. The van der Waals surface area contributed by atoms with Crippen molar-refractivity contribution in [1.82, 2.24) is 10.2 Å². The highest BCUT2D eigenvalue weighted by molar-refractivity contribution is 5.83. The molecule has 0 aliphatic carbocycles. The highest BCUT2D eigenvalue weighted by Crippen LogP contribution is 2.09. The number of carbonyl (C=O) groups excluding carboxylic acids is 2. The van der Waals surface area contributed by atoms with Gasteiger partial charge < -0.3 is 15.3 Å². The molecule has 0 unspecified atom stereocenters. The van der Waals surface area contributed by atoms with Crippen molar-refractivity contribution < 1.29 is 14.7 Å². The largest absolute Gasteiger partial charge is 0.384 e. The third-order valence-corrected chi connectivity index (χ3v) is 2.64. The number of carbonyl (C=O) groups is 2. The molecule has 0 aliphatic heterocycles. The molecule has 0 bridgehead atoms. The number of aliphatic hydroxyl groups excluding tert-OH is 1. The van der Waals surface area contributed by atoms with Gasteiger partial charge in [-0.1, -0.05) is 30.0 Å². The first-order valence-electron chi connectivity index (χ1n) is 6.20. The molecule has 106 valence electrons. The van der Waals surface area contributed by atoms with Crippen molar-refractivity contribution in [3.63, 3.8) is 0 Å². The summed E-state index contributed by atoms with van der Waals surface area (Å²) in [6.45, 7) is 1.55. The number of nitrogens with zero attached hydrogens (tertiary/aromatic N) is 1. The van der Waals surface area contributed by atoms with Gasteiger partial charge in [0.1, 0.15) is 6.61 Å². The Morgan fingerprint density at radius 2 is 2.05 bits per heavy atom. The van der Waals surface area contributed by atoms with Crippen LogP contribution < -0.4 is 5.32 Å². The smallest absolute Gasteiger partial charge is 0.242 e. The topological polar surface area (TPSA) is 69.6 Å². The highest BCUT2D eigenvalue weighted by Gasteiger charge is 2.11. The lowest BCUT2D eigenvalue weighted by molar-refractivity contribution is -0.131. The minimum Gasteiger partial charge on any atom is -0.384 e. The Bertz CT molecular complexity index is 544. The van der Waals surface area contributed by atoms with Crippen LogP contribution in [0.2, 0.25) is 0 Å². The van der Waals surface area contributed by atoms with Crippen molar-refractivity contribution >= 4 is 11.8 Å². The van der Waals surface area contributed by atoms with Crippen molar-refractivity contribution in [3.8, 4) is 11.8 Å². The third-order valence-electron chi connectivity index (χ3n) is 2.64. The first kappa shape index (κ1) is 15.7. The Labute approximate surface area is 118 Å². The van der Waals surface area contributed by atoms with Crippen LogP contribution in [0.5, 0.6) is 0 Å². The van der Waals surface area contributed by atoms with E-state index in [1.807, 2.05) is 24.3 Å². The molecule has 20 heavy (non-hydrogen) atoms. The van der Waals surface area contributed by atoms with Gasteiger partial charge in [0.25, 0.3) is 0 Å². The van der Waals surface area contributed by atoms with Crippen molar-refractivity contribution in [2.75, 3.05) is 20.2 Å². The minimum atomic E-state index is -0.235. The van der Waals surface area contributed by atoms with E-state index in [4.69, 9.17) is 5.11 Å². The number of aliphatic hydroxyl groups is 1. The number of rotatable bonds is 4. The molecule has 0 fully saturated rings. The number of amides is 2. The van der Waals surface area contributed by atoms with E-state index in [1.165, 1.54) is 11.8 Å². The zero-order valence-electron chi connectivity index (χ0n) is 11.6. The summed E-state index contributed by atoms with van der Waals surface area (Å²) in [5.74, 6) is 5.03. The normalized spacial score (nSPS) is 9.35. The van der Waals surface area contributed by atoms with Gasteiger partial charge in [0.05, 0.1) is 6.54 Å². The summed E-state index contributed by atoms with van der Waals surface area (Å²) in [6.07, 6.45) is 0. The SMILES string of the molecule is CC(=O)NCC(=O)N(C)Cc1ccccc1C#CCO. The molecule has 2 N–H and O–H groups in total. The molecule has 1 rings (SSSR count). The standard InChI is InChI=1S/C15H18N2O3/c1-12(19)16-10-15(20)17(2)11-14-7-4-3-6-13(14)8-5-9-18/h3-4,6-7,18H,9-11H2,1-2H3,(H,16,19). The van der Waals surface area contributed by atoms with Crippen LogP contribution in [0.1, 0.15) is 18.1 Å². The van der Waals surface area contributed by atoms with Crippen LogP contribution in [0.25, 0.3) is 0 Å². The summed E-state index contributed by atoms with van der Waals surface area (Å²) in [6, 6.07) is 7.43. The lowest BCUT2D eigenvalue weighted by atomic mass is 10.1. The minimum absolute atomic E-state index is 0.0175. The molecule has 0 radical (unpaired) electrons. The number of likely N-dealkylation sites (N-methyl/N-ethyl adjacent to an activating group) is 1. The Morgan fingerprint density at radius 3 is 2.70 bits per heavy atom. The maximum absolute atomic E-state index is 11.8. The molecule has 0 heterocycles. The number of nitrogens with one attached hydrogen (secondary N) is 1. The van der Waals surface area contributed by atoms with E-state index in [2.05, 4.69) is 17.2 Å². The fraction of sp³-hybridized carbons (Fsp3) is 0.333. The van der Waals surface area contributed by atoms with Crippen LogP contribution in [0.15, 0.2) is 24.3 Å². The van der Waals surface area contributed by atoms with Gasteiger partial charge in [0, 0.05) is 26.1 Å². The van der Waals surface area contributed by atoms with Gasteiger partial charge >= 0.3 is 0 Å². The monoisotopic (exact) mass is 274 g/mol. The van der Waals surface area contributed by atoms with E-state index in [-0.39, 0.29) is 25.0 Å². The predicted octanol–water partition coefficient (Wildman–Crippen LogP) is 0.125. The summed E-state index contributed by atoms with van der Waals surface area (Å²) < 4.78 is 0. The van der Waals surface area contributed by atoms with Gasteiger partial charge in [0.2, 0.25) is 11.8 Å². The van der Waals surface area contributed by atoms with Crippen molar-refractivity contribution in [1.29, 1.82) is 0 Å². The average Bonchev–Trinajstić information content (AvgIpc) is 2.43. The molecule has 0 saturated heterocycles. The molecule has 0 saturated carbocycles. The molecule has 5 heteroatoms. The van der Waals surface area contributed by atoms with Gasteiger partial charge in [0.15, 0.2) is 0 Å². The molecule has 5 nitrogen and oxygen atoms in total.